The van der Waals surface area contributed by atoms with Gasteiger partial charge in [0.1, 0.15) is 17.4 Å². The summed E-state index contributed by atoms with van der Waals surface area (Å²) in [6.45, 7) is 1.83. The summed E-state index contributed by atoms with van der Waals surface area (Å²) < 4.78 is 15.2. The smallest absolute Gasteiger partial charge is 0.342 e. The van der Waals surface area contributed by atoms with E-state index in [9.17, 15) is 9.59 Å². The minimum Gasteiger partial charge on any atom is -0.500 e. The van der Waals surface area contributed by atoms with E-state index in [2.05, 4.69) is 0 Å². The van der Waals surface area contributed by atoms with Crippen LogP contribution in [0.2, 0.25) is 0 Å². The summed E-state index contributed by atoms with van der Waals surface area (Å²) in [5.41, 5.74) is 1.71. The zero-order valence-electron chi connectivity index (χ0n) is 11.2. The molecular formula is C14H16O5. The van der Waals surface area contributed by atoms with E-state index in [1.807, 2.05) is 6.92 Å². The van der Waals surface area contributed by atoms with E-state index in [0.717, 1.165) is 5.57 Å². The lowest BCUT2D eigenvalue weighted by molar-refractivity contribution is -0.145. The van der Waals surface area contributed by atoms with E-state index in [1.165, 1.54) is 14.2 Å². The van der Waals surface area contributed by atoms with Gasteiger partial charge in [0.15, 0.2) is 0 Å². The number of ether oxygens (including phenoxy) is 3. The molecule has 1 aliphatic heterocycles. The molecule has 102 valence electrons. The molecule has 0 bridgehead atoms. The Labute approximate surface area is 111 Å². The van der Waals surface area contributed by atoms with Crippen LogP contribution >= 0.6 is 0 Å². The molecule has 0 saturated carbocycles. The van der Waals surface area contributed by atoms with Crippen LogP contribution in [0.15, 0.2) is 34.6 Å². The van der Waals surface area contributed by atoms with Crippen molar-refractivity contribution >= 4 is 11.9 Å². The zero-order valence-corrected chi connectivity index (χ0v) is 11.2. The SMILES string of the molecule is COC(=O)C1=CC=C2CC(C)OC(=O)C2=C(OC)C1. The third kappa shape index (κ3) is 2.54. The largest absolute Gasteiger partial charge is 0.500 e. The van der Waals surface area contributed by atoms with Gasteiger partial charge in [0.25, 0.3) is 0 Å². The third-order valence-corrected chi connectivity index (χ3v) is 3.15. The van der Waals surface area contributed by atoms with E-state index < -0.39 is 11.9 Å². The van der Waals surface area contributed by atoms with Crippen LogP contribution in [-0.2, 0) is 23.8 Å². The first-order valence-electron chi connectivity index (χ1n) is 6.03. The van der Waals surface area contributed by atoms with Crippen LogP contribution in [0.5, 0.6) is 0 Å². The number of hydrogen-bond donors (Lipinski definition) is 0. The summed E-state index contributed by atoms with van der Waals surface area (Å²) in [5.74, 6) is -0.384. The fourth-order valence-corrected chi connectivity index (χ4v) is 2.24. The Balaban J connectivity index is 2.46. The van der Waals surface area contributed by atoms with E-state index in [1.54, 1.807) is 12.2 Å². The van der Waals surface area contributed by atoms with Crippen molar-refractivity contribution in [2.45, 2.75) is 25.9 Å². The van der Waals surface area contributed by atoms with Gasteiger partial charge in [-0.15, -0.1) is 0 Å². The highest BCUT2D eigenvalue weighted by Gasteiger charge is 2.32. The Hall–Kier alpha value is -2.04. The number of esters is 2. The molecule has 5 nitrogen and oxygen atoms in total. The van der Waals surface area contributed by atoms with Gasteiger partial charge in [0.2, 0.25) is 0 Å². The van der Waals surface area contributed by atoms with E-state index in [4.69, 9.17) is 14.2 Å². The van der Waals surface area contributed by atoms with Crippen LogP contribution in [0.1, 0.15) is 19.8 Å². The molecule has 1 fully saturated rings. The molecule has 1 unspecified atom stereocenters. The normalized spacial score (nSPS) is 22.7. The minimum atomic E-state index is -0.424. The number of carbonyl (C=O) groups is 2. The highest BCUT2D eigenvalue weighted by molar-refractivity contribution is 5.97. The average Bonchev–Trinajstić information content (AvgIpc) is 2.57. The topological polar surface area (TPSA) is 61.8 Å². The maximum Gasteiger partial charge on any atom is 0.342 e. The molecule has 0 N–H and O–H groups in total. The molecule has 1 atom stereocenters. The van der Waals surface area contributed by atoms with Gasteiger partial charge in [-0.05, 0) is 12.5 Å². The van der Waals surface area contributed by atoms with Crippen molar-refractivity contribution in [1.29, 1.82) is 0 Å². The molecule has 0 aromatic heterocycles. The first-order valence-corrected chi connectivity index (χ1v) is 6.03. The Morgan fingerprint density at radius 2 is 2.11 bits per heavy atom. The Kier molecular flexibility index (Phi) is 3.74. The summed E-state index contributed by atoms with van der Waals surface area (Å²) in [6.07, 6.45) is 4.11. The van der Waals surface area contributed by atoms with Crippen molar-refractivity contribution in [3.05, 3.63) is 34.6 Å². The molecule has 1 saturated heterocycles. The number of hydrogen-bond acceptors (Lipinski definition) is 5. The Morgan fingerprint density at radius 3 is 2.74 bits per heavy atom. The van der Waals surface area contributed by atoms with Crippen molar-refractivity contribution in [2.24, 2.45) is 0 Å². The minimum absolute atomic E-state index is 0.173. The summed E-state index contributed by atoms with van der Waals surface area (Å²) in [5, 5.41) is 0. The van der Waals surface area contributed by atoms with E-state index in [-0.39, 0.29) is 12.5 Å². The van der Waals surface area contributed by atoms with Gasteiger partial charge >= 0.3 is 11.9 Å². The van der Waals surface area contributed by atoms with E-state index in [0.29, 0.717) is 23.3 Å². The molecule has 2 aliphatic rings. The Bertz CT molecular complexity index is 510. The highest BCUT2D eigenvalue weighted by Crippen LogP contribution is 2.33. The Morgan fingerprint density at radius 1 is 1.37 bits per heavy atom. The predicted molar refractivity (Wildman–Crippen MR) is 67.0 cm³/mol. The fraction of sp³-hybridized carbons (Fsp3) is 0.429. The van der Waals surface area contributed by atoms with Crippen LogP contribution in [-0.4, -0.2) is 32.3 Å². The van der Waals surface area contributed by atoms with Gasteiger partial charge in [-0.2, -0.15) is 0 Å². The lowest BCUT2D eigenvalue weighted by Gasteiger charge is -2.24. The van der Waals surface area contributed by atoms with Gasteiger partial charge in [-0.1, -0.05) is 12.2 Å². The summed E-state index contributed by atoms with van der Waals surface area (Å²) in [4.78, 5) is 23.6. The number of methoxy groups -OCH3 is 2. The average molecular weight is 264 g/mol. The van der Waals surface area contributed by atoms with Crippen LogP contribution < -0.4 is 0 Å². The second kappa shape index (κ2) is 5.30. The van der Waals surface area contributed by atoms with Crippen molar-refractivity contribution in [3.63, 3.8) is 0 Å². The van der Waals surface area contributed by atoms with Gasteiger partial charge in [-0.25, -0.2) is 9.59 Å². The molecule has 0 spiro atoms. The van der Waals surface area contributed by atoms with Crippen molar-refractivity contribution < 1.29 is 23.8 Å². The second-order valence-corrected chi connectivity index (χ2v) is 4.47. The highest BCUT2D eigenvalue weighted by atomic mass is 16.5. The lowest BCUT2D eigenvalue weighted by Crippen LogP contribution is -2.26. The molecule has 1 aliphatic carbocycles. The van der Waals surface area contributed by atoms with Crippen molar-refractivity contribution in [2.75, 3.05) is 14.2 Å². The van der Waals surface area contributed by atoms with Crippen LogP contribution in [0.25, 0.3) is 0 Å². The number of allylic oxidation sites excluding steroid dienone is 3. The first-order chi connectivity index (χ1) is 9.06. The summed E-state index contributed by atoms with van der Waals surface area (Å²) >= 11 is 0. The second-order valence-electron chi connectivity index (χ2n) is 4.47. The first kappa shape index (κ1) is 13.4. The third-order valence-electron chi connectivity index (χ3n) is 3.15. The molecule has 0 amide bonds. The van der Waals surface area contributed by atoms with E-state index >= 15 is 0 Å². The molecule has 0 aromatic carbocycles. The number of carbonyl (C=O) groups excluding carboxylic acids is 2. The number of fused-ring (bicyclic) bond motifs is 1. The zero-order chi connectivity index (χ0) is 14.0. The molecule has 1 heterocycles. The van der Waals surface area contributed by atoms with Crippen molar-refractivity contribution in [1.82, 2.24) is 0 Å². The molecule has 0 radical (unpaired) electrons. The van der Waals surface area contributed by atoms with Crippen LogP contribution in [0.3, 0.4) is 0 Å². The standard InChI is InChI=1S/C14H16O5/c1-8-6-9-4-5-10(13(15)18-3)7-11(17-2)12(9)14(16)19-8/h4-5,8H,6-7H2,1-3H3. The summed E-state index contributed by atoms with van der Waals surface area (Å²) in [6, 6.07) is 0. The predicted octanol–water partition coefficient (Wildman–Crippen LogP) is 1.65. The van der Waals surface area contributed by atoms with Gasteiger partial charge in [0.05, 0.1) is 14.2 Å². The maximum atomic E-state index is 12.0. The maximum absolute atomic E-state index is 12.0. The lowest BCUT2D eigenvalue weighted by atomic mass is 9.96. The fourth-order valence-electron chi connectivity index (χ4n) is 2.24. The van der Waals surface area contributed by atoms with Crippen LogP contribution in [0.4, 0.5) is 0 Å². The van der Waals surface area contributed by atoms with Crippen LogP contribution in [0, 0.1) is 0 Å². The summed E-state index contributed by atoms with van der Waals surface area (Å²) in [7, 11) is 2.80. The number of rotatable bonds is 2. The molecule has 19 heavy (non-hydrogen) atoms. The van der Waals surface area contributed by atoms with Gasteiger partial charge in [-0.3, -0.25) is 0 Å². The molecule has 5 heteroatoms. The quantitative estimate of drug-likeness (QED) is 0.710. The number of cyclic esters (lactones) is 1. The molecular weight excluding hydrogens is 248 g/mol. The van der Waals surface area contributed by atoms with Gasteiger partial charge in [0, 0.05) is 18.4 Å². The monoisotopic (exact) mass is 264 g/mol. The molecule has 2 rings (SSSR count). The van der Waals surface area contributed by atoms with Crippen molar-refractivity contribution in [3.8, 4) is 0 Å². The van der Waals surface area contributed by atoms with Gasteiger partial charge < -0.3 is 14.2 Å². The molecule has 0 aromatic rings.